The van der Waals surface area contributed by atoms with Crippen LogP contribution in [0.15, 0.2) is 97.1 Å². The first-order valence-corrected chi connectivity index (χ1v) is 15.9. The van der Waals surface area contributed by atoms with Gasteiger partial charge in [0.2, 0.25) is 5.91 Å². The first kappa shape index (κ1) is 32.8. The first-order chi connectivity index (χ1) is 23.6. The number of Topliss-reactive ketones (excluding diaryl/α,β-unsaturated/α-hetero) is 1. The molecule has 3 amide bonds. The fraction of sp³-hybridized carbons (Fsp3) is 0.211. The standard InChI is InChI=1S/C38H35N7O4/c1-23(40-4)36(47)41-35-24(2)44(37(48)27-19-17-26(18-20-27)25(3)46)34-16-10-9-15-33(34)43(38(35)49)22-30-29-12-6-8-14-32(29)45(42-30)31-13-7-5-11-28(31)21-39/h5-20,23-24,35,40H,22H2,1-4H3,(H,41,47)/t23-,24-,35-/m0/s1. The minimum absolute atomic E-state index is 0.00803. The molecule has 0 bridgehead atoms. The number of anilines is 2. The van der Waals surface area contributed by atoms with Crippen LogP contribution >= 0.6 is 0 Å². The molecule has 2 heterocycles. The number of nitrogens with zero attached hydrogens (tertiary/aromatic N) is 5. The lowest BCUT2D eigenvalue weighted by Gasteiger charge is -2.32. The van der Waals surface area contributed by atoms with Crippen molar-refractivity contribution in [3.63, 3.8) is 0 Å². The summed E-state index contributed by atoms with van der Waals surface area (Å²) in [6.45, 7) is 4.88. The van der Waals surface area contributed by atoms with Crippen molar-refractivity contribution in [2.45, 2.75) is 45.4 Å². The Balaban J connectivity index is 1.50. The number of aromatic nitrogens is 2. The molecule has 1 aliphatic heterocycles. The molecule has 3 atom stereocenters. The average molecular weight is 654 g/mol. The Morgan fingerprint density at radius 1 is 0.878 bits per heavy atom. The summed E-state index contributed by atoms with van der Waals surface area (Å²) < 4.78 is 1.70. The van der Waals surface area contributed by atoms with Crippen molar-refractivity contribution >= 4 is 45.8 Å². The van der Waals surface area contributed by atoms with Crippen LogP contribution in [-0.4, -0.2) is 58.5 Å². The second-order valence-electron chi connectivity index (χ2n) is 12.0. The highest BCUT2D eigenvalue weighted by atomic mass is 16.2. The molecule has 0 radical (unpaired) electrons. The van der Waals surface area contributed by atoms with E-state index in [1.54, 1.807) is 91.1 Å². The SMILES string of the molecule is CN[C@@H](C)C(=O)N[C@@H]1C(=O)N(Cc2nn(-c3ccccc3C#N)c3ccccc23)c2ccccc2N(C(=O)c2ccc(C(C)=O)cc2)[C@H]1C. The molecule has 0 fully saturated rings. The number of ketones is 1. The van der Waals surface area contributed by atoms with Gasteiger partial charge in [-0.15, -0.1) is 0 Å². The van der Waals surface area contributed by atoms with Crippen LogP contribution in [0.25, 0.3) is 16.6 Å². The minimum atomic E-state index is -1.14. The van der Waals surface area contributed by atoms with E-state index in [2.05, 4.69) is 16.7 Å². The fourth-order valence-corrected chi connectivity index (χ4v) is 6.13. The second-order valence-corrected chi connectivity index (χ2v) is 12.0. The molecule has 5 aromatic rings. The van der Waals surface area contributed by atoms with Gasteiger partial charge in [0.1, 0.15) is 12.1 Å². The zero-order valence-electron chi connectivity index (χ0n) is 27.5. The summed E-state index contributed by atoms with van der Waals surface area (Å²) in [5.74, 6) is -1.34. The molecule has 0 saturated heterocycles. The maximum Gasteiger partial charge on any atom is 0.258 e. The number of carbonyl (C=O) groups is 4. The van der Waals surface area contributed by atoms with Crippen LogP contribution in [0.5, 0.6) is 0 Å². The average Bonchev–Trinajstić information content (AvgIpc) is 3.46. The zero-order valence-corrected chi connectivity index (χ0v) is 27.5. The molecule has 4 aromatic carbocycles. The van der Waals surface area contributed by atoms with Gasteiger partial charge in [0.05, 0.1) is 52.5 Å². The zero-order chi connectivity index (χ0) is 34.8. The van der Waals surface area contributed by atoms with Crippen molar-refractivity contribution in [1.29, 1.82) is 5.26 Å². The molecule has 1 aliphatic rings. The summed E-state index contributed by atoms with van der Waals surface area (Å²) >= 11 is 0. The first-order valence-electron chi connectivity index (χ1n) is 15.9. The molecule has 49 heavy (non-hydrogen) atoms. The Kier molecular flexibility index (Phi) is 9.07. The maximum atomic E-state index is 14.7. The number of nitrogens with one attached hydrogen (secondary N) is 2. The highest BCUT2D eigenvalue weighted by Crippen LogP contribution is 2.38. The van der Waals surface area contributed by atoms with E-state index in [1.807, 2.05) is 36.4 Å². The molecule has 0 unspecified atom stereocenters. The van der Waals surface area contributed by atoms with E-state index in [0.29, 0.717) is 39.4 Å². The number of benzene rings is 4. The number of likely N-dealkylation sites (N-methyl/N-ethyl adjacent to an activating group) is 1. The molecule has 0 aliphatic carbocycles. The van der Waals surface area contributed by atoms with Crippen molar-refractivity contribution in [2.24, 2.45) is 0 Å². The van der Waals surface area contributed by atoms with Crippen LogP contribution in [-0.2, 0) is 16.1 Å². The van der Waals surface area contributed by atoms with Crippen molar-refractivity contribution in [1.82, 2.24) is 20.4 Å². The summed E-state index contributed by atoms with van der Waals surface area (Å²) in [6.07, 6.45) is 0. The topological polar surface area (TPSA) is 140 Å². The predicted molar refractivity (Wildman–Crippen MR) is 187 cm³/mol. The summed E-state index contributed by atoms with van der Waals surface area (Å²) in [4.78, 5) is 57.4. The van der Waals surface area contributed by atoms with Gasteiger partial charge in [-0.25, -0.2) is 4.68 Å². The van der Waals surface area contributed by atoms with Crippen LogP contribution in [0.2, 0.25) is 0 Å². The molecule has 2 N–H and O–H groups in total. The van der Waals surface area contributed by atoms with Gasteiger partial charge in [0, 0.05) is 16.5 Å². The Labute approximate surface area is 283 Å². The number of amides is 3. The smallest absolute Gasteiger partial charge is 0.258 e. The Hall–Kier alpha value is -6.12. The molecule has 246 valence electrons. The van der Waals surface area contributed by atoms with E-state index in [-0.39, 0.29) is 12.3 Å². The van der Waals surface area contributed by atoms with Crippen molar-refractivity contribution < 1.29 is 19.2 Å². The monoisotopic (exact) mass is 653 g/mol. The summed E-state index contributed by atoms with van der Waals surface area (Å²) in [5.41, 5.74) is 4.08. The summed E-state index contributed by atoms with van der Waals surface area (Å²) in [7, 11) is 1.65. The second kappa shape index (κ2) is 13.5. The lowest BCUT2D eigenvalue weighted by molar-refractivity contribution is -0.128. The third kappa shape index (κ3) is 6.06. The number of hydrogen-bond donors (Lipinski definition) is 2. The van der Waals surface area contributed by atoms with Gasteiger partial charge in [0.25, 0.3) is 11.8 Å². The van der Waals surface area contributed by atoms with E-state index in [4.69, 9.17) is 5.10 Å². The van der Waals surface area contributed by atoms with Gasteiger partial charge in [-0.3, -0.25) is 19.2 Å². The van der Waals surface area contributed by atoms with Crippen LogP contribution in [0.3, 0.4) is 0 Å². The van der Waals surface area contributed by atoms with Crippen molar-refractivity contribution in [3.05, 3.63) is 119 Å². The van der Waals surface area contributed by atoms with Gasteiger partial charge < -0.3 is 20.4 Å². The highest BCUT2D eigenvalue weighted by Gasteiger charge is 2.43. The van der Waals surface area contributed by atoms with E-state index in [0.717, 1.165) is 10.9 Å². The maximum absolute atomic E-state index is 14.7. The minimum Gasteiger partial charge on any atom is -0.341 e. The van der Waals surface area contributed by atoms with Crippen LogP contribution in [0.4, 0.5) is 11.4 Å². The third-order valence-corrected chi connectivity index (χ3v) is 8.96. The Morgan fingerprint density at radius 3 is 2.16 bits per heavy atom. The number of fused-ring (bicyclic) bond motifs is 2. The Morgan fingerprint density at radius 2 is 1.49 bits per heavy atom. The normalized spacial score (nSPS) is 16.4. The lowest BCUT2D eigenvalue weighted by Crippen LogP contribution is -2.59. The van der Waals surface area contributed by atoms with E-state index in [1.165, 1.54) is 11.8 Å². The van der Waals surface area contributed by atoms with Gasteiger partial charge >= 0.3 is 0 Å². The molecule has 0 spiro atoms. The van der Waals surface area contributed by atoms with E-state index in [9.17, 15) is 24.4 Å². The number of hydrogen-bond acceptors (Lipinski definition) is 7. The number of rotatable bonds is 8. The molecule has 0 saturated carbocycles. The predicted octanol–water partition coefficient (Wildman–Crippen LogP) is 4.77. The number of para-hydroxylation sites is 4. The van der Waals surface area contributed by atoms with Crippen molar-refractivity contribution in [3.8, 4) is 11.8 Å². The molecular weight excluding hydrogens is 618 g/mol. The largest absolute Gasteiger partial charge is 0.341 e. The lowest BCUT2D eigenvalue weighted by atomic mass is 10.0. The summed E-state index contributed by atoms with van der Waals surface area (Å²) in [6, 6.07) is 27.9. The molecule has 11 heteroatoms. The van der Waals surface area contributed by atoms with E-state index >= 15 is 0 Å². The van der Waals surface area contributed by atoms with Gasteiger partial charge in [-0.05, 0) is 70.3 Å². The molecule has 1 aromatic heterocycles. The highest BCUT2D eigenvalue weighted by molar-refractivity contribution is 6.13. The fourth-order valence-electron chi connectivity index (χ4n) is 6.13. The number of carbonyl (C=O) groups excluding carboxylic acids is 4. The summed E-state index contributed by atoms with van der Waals surface area (Å²) in [5, 5.41) is 21.4. The van der Waals surface area contributed by atoms with Gasteiger partial charge in [0.15, 0.2) is 5.78 Å². The van der Waals surface area contributed by atoms with Crippen LogP contribution < -0.4 is 20.4 Å². The molecule has 11 nitrogen and oxygen atoms in total. The van der Waals surface area contributed by atoms with Crippen LogP contribution in [0, 0.1) is 11.3 Å². The van der Waals surface area contributed by atoms with Crippen LogP contribution in [0.1, 0.15) is 52.7 Å². The molecular formula is C38H35N7O4. The quantitative estimate of drug-likeness (QED) is 0.230. The van der Waals surface area contributed by atoms with Crippen molar-refractivity contribution in [2.75, 3.05) is 16.8 Å². The number of nitriles is 1. The van der Waals surface area contributed by atoms with E-state index < -0.39 is 35.8 Å². The van der Waals surface area contributed by atoms with Gasteiger partial charge in [-0.1, -0.05) is 54.6 Å². The third-order valence-electron chi connectivity index (χ3n) is 8.96. The van der Waals surface area contributed by atoms with Gasteiger partial charge in [-0.2, -0.15) is 10.4 Å². The Bertz CT molecular complexity index is 2130. The molecule has 6 rings (SSSR count).